The van der Waals surface area contributed by atoms with Gasteiger partial charge in [0, 0.05) is 6.92 Å². The topological polar surface area (TPSA) is 26.3 Å². The molecule has 0 N–H and O–H groups in total. The standard InChI is InChI=1S/2C8H17.C3H6O2.Sn/c2*1-3-5-7-8-6-4-2;1-3(4)5-2;/h2*1,3-8H2,2H3;1-2H3;. The molecule has 0 bridgehead atoms. The van der Waals surface area contributed by atoms with Crippen molar-refractivity contribution < 1.29 is 9.53 Å². The van der Waals surface area contributed by atoms with E-state index in [1.54, 1.807) is 21.7 Å². The van der Waals surface area contributed by atoms with Gasteiger partial charge in [-0.1, -0.05) is 0 Å². The Balaban J connectivity index is 0. The van der Waals surface area contributed by atoms with E-state index in [0.29, 0.717) is 0 Å². The molecule has 2 radical (unpaired) electrons. The van der Waals surface area contributed by atoms with E-state index < -0.39 is 0 Å². The van der Waals surface area contributed by atoms with Gasteiger partial charge in [0.15, 0.2) is 0 Å². The molecule has 0 atom stereocenters. The number of carbonyl (C=O) groups excluding carboxylic acids is 1. The van der Waals surface area contributed by atoms with Crippen LogP contribution < -0.4 is 0 Å². The zero-order valence-corrected chi connectivity index (χ0v) is 18.6. The molecule has 0 aromatic heterocycles. The molecule has 2 nitrogen and oxygen atoms in total. The van der Waals surface area contributed by atoms with Crippen LogP contribution in [-0.4, -0.2) is 34.2 Å². The average molecular weight is 419 g/mol. The number of carbonyl (C=O) groups is 1. The zero-order valence-electron chi connectivity index (χ0n) is 15.7. The predicted molar refractivity (Wildman–Crippen MR) is 99.8 cm³/mol. The SMILES string of the molecule is CCCCCCC[CH2][Sn][CH2]CCCCCCC.COC(C)=O. The van der Waals surface area contributed by atoms with Crippen molar-refractivity contribution in [2.75, 3.05) is 7.11 Å². The second-order valence-electron chi connectivity index (χ2n) is 5.98. The Bertz CT molecular complexity index is 194. The first-order valence-corrected chi connectivity index (χ1v) is 13.5. The van der Waals surface area contributed by atoms with Crippen molar-refractivity contribution >= 4 is 27.1 Å². The molecule has 3 heteroatoms. The second-order valence-corrected chi connectivity index (χ2v) is 10.3. The molecular weight excluding hydrogens is 379 g/mol. The summed E-state index contributed by atoms with van der Waals surface area (Å²) in [6, 6.07) is 0. The van der Waals surface area contributed by atoms with E-state index in [0.717, 1.165) is 0 Å². The van der Waals surface area contributed by atoms with Gasteiger partial charge in [0.1, 0.15) is 0 Å². The maximum atomic E-state index is 9.59. The minimum atomic E-state index is -0.245. The summed E-state index contributed by atoms with van der Waals surface area (Å²) in [5.74, 6) is -0.245. The number of methoxy groups -OCH3 is 1. The van der Waals surface area contributed by atoms with Crippen molar-refractivity contribution in [3.8, 4) is 0 Å². The Kier molecular flexibility index (Phi) is 26.2. The van der Waals surface area contributed by atoms with E-state index in [2.05, 4.69) is 18.6 Å². The van der Waals surface area contributed by atoms with Crippen LogP contribution in [0.4, 0.5) is 0 Å². The third kappa shape index (κ3) is 28.4. The molecule has 0 unspecified atom stereocenters. The van der Waals surface area contributed by atoms with Crippen LogP contribution in [0.3, 0.4) is 0 Å². The van der Waals surface area contributed by atoms with Gasteiger partial charge in [0.2, 0.25) is 0 Å². The molecule has 0 saturated carbocycles. The third-order valence-corrected chi connectivity index (χ3v) is 7.74. The van der Waals surface area contributed by atoms with Crippen LogP contribution in [0.5, 0.6) is 0 Å². The number of ether oxygens (including phenoxy) is 1. The van der Waals surface area contributed by atoms with Crippen LogP contribution in [0, 0.1) is 0 Å². The van der Waals surface area contributed by atoms with Crippen LogP contribution in [0.25, 0.3) is 0 Å². The predicted octanol–water partition coefficient (Wildman–Crippen LogP) is 6.43. The molecule has 0 spiro atoms. The van der Waals surface area contributed by atoms with Crippen molar-refractivity contribution in [2.24, 2.45) is 0 Å². The van der Waals surface area contributed by atoms with E-state index in [1.807, 2.05) is 0 Å². The molecule has 132 valence electrons. The Morgan fingerprint density at radius 2 is 1.05 bits per heavy atom. The maximum Gasteiger partial charge on any atom is 0.302 e. The van der Waals surface area contributed by atoms with Crippen LogP contribution in [0.1, 0.15) is 97.8 Å². The van der Waals surface area contributed by atoms with Crippen molar-refractivity contribution in [1.82, 2.24) is 0 Å². The number of esters is 1. The van der Waals surface area contributed by atoms with Crippen LogP contribution in [-0.2, 0) is 9.53 Å². The Hall–Kier alpha value is 0.269. The minimum absolute atomic E-state index is 0.0736. The average Bonchev–Trinajstić information content (AvgIpc) is 2.52. The van der Waals surface area contributed by atoms with Crippen molar-refractivity contribution in [3.63, 3.8) is 0 Å². The van der Waals surface area contributed by atoms with E-state index in [4.69, 9.17) is 0 Å². The number of unbranched alkanes of at least 4 members (excludes halogenated alkanes) is 10. The third-order valence-electron chi connectivity index (χ3n) is 3.70. The van der Waals surface area contributed by atoms with Gasteiger partial charge in [-0.15, -0.1) is 0 Å². The molecule has 0 aromatic rings. The summed E-state index contributed by atoms with van der Waals surface area (Å²) in [7, 11) is 1.35. The summed E-state index contributed by atoms with van der Waals surface area (Å²) in [5, 5.41) is 0. The first-order chi connectivity index (χ1) is 10.7. The van der Waals surface area contributed by atoms with Gasteiger partial charge in [0.05, 0.1) is 7.11 Å². The minimum Gasteiger partial charge on any atom is -0.469 e. The monoisotopic (exact) mass is 420 g/mol. The molecule has 0 amide bonds. The first kappa shape index (κ1) is 24.5. The Morgan fingerprint density at radius 3 is 1.36 bits per heavy atom. The largest absolute Gasteiger partial charge is 0.469 e. The van der Waals surface area contributed by atoms with E-state index in [-0.39, 0.29) is 27.1 Å². The van der Waals surface area contributed by atoms with Crippen molar-refractivity contribution in [3.05, 3.63) is 0 Å². The van der Waals surface area contributed by atoms with Gasteiger partial charge in [-0.2, -0.15) is 0 Å². The zero-order chi connectivity index (χ0) is 16.9. The van der Waals surface area contributed by atoms with Gasteiger partial charge in [-0.05, 0) is 0 Å². The molecule has 0 aromatic carbocycles. The first-order valence-electron chi connectivity index (χ1n) is 9.44. The van der Waals surface area contributed by atoms with Gasteiger partial charge < -0.3 is 4.74 Å². The Morgan fingerprint density at radius 1 is 0.727 bits per heavy atom. The quantitative estimate of drug-likeness (QED) is 0.184. The summed E-state index contributed by atoms with van der Waals surface area (Å²) in [6.07, 6.45) is 17.8. The summed E-state index contributed by atoms with van der Waals surface area (Å²) in [6.45, 7) is 5.96. The molecule has 0 saturated heterocycles. The van der Waals surface area contributed by atoms with E-state index in [1.165, 1.54) is 78.2 Å². The van der Waals surface area contributed by atoms with Gasteiger partial charge in [-0.3, -0.25) is 4.79 Å². The fourth-order valence-electron chi connectivity index (χ4n) is 2.19. The van der Waals surface area contributed by atoms with Crippen LogP contribution >= 0.6 is 0 Å². The molecular formula is C19H40O2Sn. The number of hydrogen-bond donors (Lipinski definition) is 0. The smallest absolute Gasteiger partial charge is 0.302 e. The second kappa shape index (κ2) is 23.5. The Labute approximate surface area is 150 Å². The van der Waals surface area contributed by atoms with E-state index in [9.17, 15) is 4.79 Å². The van der Waals surface area contributed by atoms with Crippen LogP contribution in [0.2, 0.25) is 8.87 Å². The fourth-order valence-corrected chi connectivity index (χ4v) is 5.75. The molecule has 0 aliphatic carbocycles. The number of hydrogen-bond acceptors (Lipinski definition) is 2. The molecule has 0 rings (SSSR count). The normalized spacial score (nSPS) is 10.0. The maximum absolute atomic E-state index is 9.59. The summed E-state index contributed by atoms with van der Waals surface area (Å²) < 4.78 is 7.43. The molecule has 0 fully saturated rings. The fraction of sp³-hybridized carbons (Fsp3) is 0.947. The summed E-state index contributed by atoms with van der Waals surface area (Å²) in [4.78, 5) is 9.59. The molecule has 0 aliphatic rings. The summed E-state index contributed by atoms with van der Waals surface area (Å²) >= 11 is 0.0736. The van der Waals surface area contributed by atoms with Gasteiger partial charge >= 0.3 is 127 Å². The van der Waals surface area contributed by atoms with Crippen molar-refractivity contribution in [2.45, 2.75) is 107 Å². The van der Waals surface area contributed by atoms with Crippen molar-refractivity contribution in [1.29, 1.82) is 0 Å². The number of rotatable bonds is 14. The van der Waals surface area contributed by atoms with E-state index >= 15 is 0 Å². The summed E-state index contributed by atoms with van der Waals surface area (Å²) in [5.41, 5.74) is 0. The van der Waals surface area contributed by atoms with Crippen LogP contribution in [0.15, 0.2) is 0 Å². The van der Waals surface area contributed by atoms with Gasteiger partial charge in [0.25, 0.3) is 0 Å². The molecule has 0 aliphatic heterocycles. The van der Waals surface area contributed by atoms with Gasteiger partial charge in [-0.25, -0.2) is 0 Å². The molecule has 22 heavy (non-hydrogen) atoms. The molecule has 0 heterocycles.